The van der Waals surface area contributed by atoms with Gasteiger partial charge in [0.15, 0.2) is 0 Å². The largest absolute Gasteiger partial charge is 0.316 e. The summed E-state index contributed by atoms with van der Waals surface area (Å²) in [4.78, 5) is 0. The van der Waals surface area contributed by atoms with Crippen LogP contribution < -0.4 is 5.32 Å². The molecule has 0 spiro atoms. The second kappa shape index (κ2) is 6.62. The molecule has 0 amide bonds. The zero-order valence-electron chi connectivity index (χ0n) is 10.2. The Balaban J connectivity index is 2.09. The lowest BCUT2D eigenvalue weighted by Gasteiger charge is -2.06. The van der Waals surface area contributed by atoms with Crippen molar-refractivity contribution in [2.75, 3.05) is 13.1 Å². The minimum Gasteiger partial charge on any atom is -0.316 e. The maximum Gasteiger partial charge on any atom is 0.0521 e. The van der Waals surface area contributed by atoms with E-state index in [1.807, 2.05) is 10.9 Å². The summed E-state index contributed by atoms with van der Waals surface area (Å²) in [6, 6.07) is 0. The molecular formula is C12H23N3. The lowest BCUT2D eigenvalue weighted by molar-refractivity contribution is 0.543. The van der Waals surface area contributed by atoms with E-state index < -0.39 is 0 Å². The molecule has 15 heavy (non-hydrogen) atoms. The first-order valence-corrected chi connectivity index (χ1v) is 5.94. The number of aryl methyl sites for hydroxylation is 2. The number of hydrogen-bond acceptors (Lipinski definition) is 2. The minimum atomic E-state index is 0.743. The Hall–Kier alpha value is -0.830. The van der Waals surface area contributed by atoms with Crippen LogP contribution in [0.3, 0.4) is 0 Å². The van der Waals surface area contributed by atoms with Gasteiger partial charge < -0.3 is 5.32 Å². The minimum absolute atomic E-state index is 0.743. The summed E-state index contributed by atoms with van der Waals surface area (Å²) in [5.41, 5.74) is 1.35. The molecule has 1 aromatic rings. The van der Waals surface area contributed by atoms with E-state index in [-0.39, 0.29) is 0 Å². The Kier molecular flexibility index (Phi) is 5.40. The van der Waals surface area contributed by atoms with Gasteiger partial charge in [-0.05, 0) is 44.3 Å². The molecule has 1 aromatic heterocycles. The monoisotopic (exact) mass is 209 g/mol. The van der Waals surface area contributed by atoms with E-state index in [0.717, 1.165) is 32.0 Å². The van der Waals surface area contributed by atoms with Crippen LogP contribution in [0.5, 0.6) is 0 Å². The molecule has 0 saturated carbocycles. The van der Waals surface area contributed by atoms with Crippen LogP contribution in [0.25, 0.3) is 0 Å². The molecule has 0 atom stereocenters. The third-order valence-corrected chi connectivity index (χ3v) is 2.38. The molecule has 0 aliphatic rings. The highest BCUT2D eigenvalue weighted by Gasteiger charge is 1.97. The molecular weight excluding hydrogens is 186 g/mol. The lowest BCUT2D eigenvalue weighted by atomic mass is 10.2. The molecule has 0 saturated heterocycles. The van der Waals surface area contributed by atoms with Gasteiger partial charge in [0.25, 0.3) is 0 Å². The number of nitrogens with one attached hydrogen (secondary N) is 1. The van der Waals surface area contributed by atoms with Gasteiger partial charge in [-0.1, -0.05) is 13.8 Å². The first-order valence-electron chi connectivity index (χ1n) is 5.94. The van der Waals surface area contributed by atoms with Crippen molar-refractivity contribution in [3.8, 4) is 0 Å². The Morgan fingerprint density at radius 2 is 2.27 bits per heavy atom. The number of rotatable bonds is 7. The van der Waals surface area contributed by atoms with Crippen molar-refractivity contribution in [3.63, 3.8) is 0 Å². The topological polar surface area (TPSA) is 29.9 Å². The van der Waals surface area contributed by atoms with Crippen molar-refractivity contribution < 1.29 is 0 Å². The van der Waals surface area contributed by atoms with Gasteiger partial charge in [-0.25, -0.2) is 0 Å². The molecule has 3 heteroatoms. The molecule has 0 bridgehead atoms. The third-order valence-electron chi connectivity index (χ3n) is 2.38. The molecule has 0 aliphatic carbocycles. The van der Waals surface area contributed by atoms with E-state index >= 15 is 0 Å². The summed E-state index contributed by atoms with van der Waals surface area (Å²) in [5.74, 6) is 0.743. The van der Waals surface area contributed by atoms with Gasteiger partial charge in [0, 0.05) is 12.7 Å². The van der Waals surface area contributed by atoms with Gasteiger partial charge in [-0.2, -0.15) is 5.10 Å². The van der Waals surface area contributed by atoms with Gasteiger partial charge in [0.1, 0.15) is 0 Å². The zero-order chi connectivity index (χ0) is 11.1. The van der Waals surface area contributed by atoms with Crippen LogP contribution in [-0.4, -0.2) is 22.9 Å². The molecule has 0 aromatic carbocycles. The van der Waals surface area contributed by atoms with Gasteiger partial charge in [0.05, 0.1) is 6.20 Å². The Morgan fingerprint density at radius 3 is 2.87 bits per heavy atom. The summed E-state index contributed by atoms with van der Waals surface area (Å²) in [6.07, 6.45) is 6.45. The van der Waals surface area contributed by atoms with Gasteiger partial charge in [0.2, 0.25) is 0 Å². The van der Waals surface area contributed by atoms with E-state index in [1.54, 1.807) is 0 Å². The van der Waals surface area contributed by atoms with Crippen LogP contribution in [0.15, 0.2) is 12.4 Å². The molecule has 0 fully saturated rings. The molecule has 0 aliphatic heterocycles. The normalized spacial score (nSPS) is 11.2. The second-order valence-corrected chi connectivity index (χ2v) is 4.41. The molecule has 1 heterocycles. The van der Waals surface area contributed by atoms with Crippen molar-refractivity contribution >= 4 is 0 Å². The van der Waals surface area contributed by atoms with Crippen LogP contribution >= 0.6 is 0 Å². The number of aromatic nitrogens is 2. The Bertz CT molecular complexity index is 266. The molecule has 1 rings (SSSR count). The Morgan fingerprint density at radius 1 is 1.47 bits per heavy atom. The van der Waals surface area contributed by atoms with Crippen LogP contribution in [-0.2, 0) is 13.0 Å². The van der Waals surface area contributed by atoms with Crippen molar-refractivity contribution in [2.24, 2.45) is 5.92 Å². The second-order valence-electron chi connectivity index (χ2n) is 4.41. The summed E-state index contributed by atoms with van der Waals surface area (Å²) in [7, 11) is 0. The van der Waals surface area contributed by atoms with Gasteiger partial charge in [-0.3, -0.25) is 4.68 Å². The highest BCUT2D eigenvalue weighted by molar-refractivity contribution is 5.03. The van der Waals surface area contributed by atoms with Crippen LogP contribution in [0.1, 0.15) is 32.8 Å². The summed E-state index contributed by atoms with van der Waals surface area (Å²) in [6.45, 7) is 9.77. The fourth-order valence-electron chi connectivity index (χ4n) is 1.52. The summed E-state index contributed by atoms with van der Waals surface area (Å²) in [5, 5.41) is 7.71. The predicted molar refractivity (Wildman–Crippen MR) is 63.9 cm³/mol. The average Bonchev–Trinajstić information content (AvgIpc) is 2.65. The summed E-state index contributed by atoms with van der Waals surface area (Å²) < 4.78 is 1.98. The lowest BCUT2D eigenvalue weighted by Crippen LogP contribution is -2.20. The third kappa shape index (κ3) is 4.98. The van der Waals surface area contributed by atoms with Crippen LogP contribution in [0.4, 0.5) is 0 Å². The van der Waals surface area contributed by atoms with E-state index in [4.69, 9.17) is 0 Å². The highest BCUT2D eigenvalue weighted by Crippen LogP contribution is 2.01. The fraction of sp³-hybridized carbons (Fsp3) is 0.750. The molecule has 0 unspecified atom stereocenters. The first kappa shape index (κ1) is 12.2. The van der Waals surface area contributed by atoms with Gasteiger partial charge in [-0.15, -0.1) is 0 Å². The van der Waals surface area contributed by atoms with E-state index in [9.17, 15) is 0 Å². The Labute approximate surface area is 92.9 Å². The maximum atomic E-state index is 4.26. The zero-order valence-corrected chi connectivity index (χ0v) is 10.2. The molecule has 3 nitrogen and oxygen atoms in total. The standard InChI is InChI=1S/C12H23N3/c1-4-15-10-12(9-14-15)6-5-7-13-8-11(2)3/h9-11,13H,4-8H2,1-3H3. The van der Waals surface area contributed by atoms with E-state index in [0.29, 0.717) is 0 Å². The first-order chi connectivity index (χ1) is 7.22. The average molecular weight is 209 g/mol. The van der Waals surface area contributed by atoms with Crippen LogP contribution in [0, 0.1) is 5.92 Å². The van der Waals surface area contributed by atoms with Gasteiger partial charge >= 0.3 is 0 Å². The van der Waals surface area contributed by atoms with Crippen molar-refractivity contribution in [1.29, 1.82) is 0 Å². The van der Waals surface area contributed by atoms with Crippen LogP contribution in [0.2, 0.25) is 0 Å². The van der Waals surface area contributed by atoms with Crippen molar-refractivity contribution in [3.05, 3.63) is 18.0 Å². The predicted octanol–water partition coefficient (Wildman–Crippen LogP) is 2.08. The van der Waals surface area contributed by atoms with E-state index in [2.05, 4.69) is 37.4 Å². The van der Waals surface area contributed by atoms with Crippen molar-refractivity contribution in [1.82, 2.24) is 15.1 Å². The quantitative estimate of drug-likeness (QED) is 0.697. The maximum absolute atomic E-state index is 4.26. The smallest absolute Gasteiger partial charge is 0.0521 e. The molecule has 0 radical (unpaired) electrons. The van der Waals surface area contributed by atoms with Crippen molar-refractivity contribution in [2.45, 2.75) is 40.2 Å². The number of nitrogens with zero attached hydrogens (tertiary/aromatic N) is 2. The molecule has 1 N–H and O–H groups in total. The number of hydrogen-bond donors (Lipinski definition) is 1. The SMILES string of the molecule is CCn1cc(CCCNCC(C)C)cn1. The van der Waals surface area contributed by atoms with E-state index in [1.165, 1.54) is 12.0 Å². The highest BCUT2D eigenvalue weighted by atomic mass is 15.3. The summed E-state index contributed by atoms with van der Waals surface area (Å²) >= 11 is 0. The molecule has 86 valence electrons. The fourth-order valence-corrected chi connectivity index (χ4v) is 1.52.